The van der Waals surface area contributed by atoms with Crippen LogP contribution in [-0.2, 0) is 60.3 Å². The van der Waals surface area contributed by atoms with E-state index in [0.29, 0.717) is 0 Å². The molecule has 0 spiro atoms. The second-order valence-electron chi connectivity index (χ2n) is 9.55. The molecule has 0 saturated heterocycles. The minimum Gasteiger partial charge on any atom is -0.412 e. The average molecular weight is 880 g/mol. The van der Waals surface area contributed by atoms with E-state index >= 15 is 0 Å². The Labute approximate surface area is 306 Å². The van der Waals surface area contributed by atoms with Crippen LogP contribution in [0, 0.1) is 0 Å². The number of rotatable bonds is 8. The summed E-state index contributed by atoms with van der Waals surface area (Å²) in [6.45, 7) is 3.38. The molecule has 0 aliphatic heterocycles. The summed E-state index contributed by atoms with van der Waals surface area (Å²) in [6, 6.07) is 23.9. The van der Waals surface area contributed by atoms with Crippen molar-refractivity contribution in [1.82, 2.24) is 29.7 Å². The first-order chi connectivity index (χ1) is 20.6. The summed E-state index contributed by atoms with van der Waals surface area (Å²) in [5.74, 6) is 0. The van der Waals surface area contributed by atoms with E-state index in [4.69, 9.17) is 0 Å². The first-order valence-corrected chi connectivity index (χ1v) is 16.7. The molecule has 0 amide bonds. The summed E-state index contributed by atoms with van der Waals surface area (Å²) >= 11 is 0. The van der Waals surface area contributed by atoms with Crippen LogP contribution in [0.3, 0.4) is 0 Å². The van der Waals surface area contributed by atoms with Crippen molar-refractivity contribution in [3.8, 4) is 0 Å². The number of hydrogen-bond acceptors (Lipinski definition) is 6. The van der Waals surface area contributed by atoms with E-state index in [2.05, 4.69) is 43.8 Å². The standard InChI is InChI=1S/2C13H15N3.2F6P.2Mn.3H2O/c2*1-16(10-12-6-2-4-8-14-12)11-13-7-3-5-9-15-13;2*1-7(2,3,4,5)6;;;;;/h2*2-9H,10-11H2,1H3;;;;;3*1H2/q;;2*-1;;;;;. The fourth-order valence-corrected chi connectivity index (χ4v) is 3.18. The van der Waals surface area contributed by atoms with Gasteiger partial charge in [0.15, 0.2) is 0 Å². The summed E-state index contributed by atoms with van der Waals surface area (Å²) in [6.07, 6.45) is 7.29. The molecule has 0 aliphatic carbocycles. The van der Waals surface area contributed by atoms with E-state index in [1.54, 1.807) is 0 Å². The largest absolute Gasteiger partial charge is 0.412 e. The van der Waals surface area contributed by atoms with Crippen LogP contribution in [0.15, 0.2) is 97.6 Å². The molecule has 0 unspecified atom stereocenters. The maximum Gasteiger partial charge on any atom is 0 e. The van der Waals surface area contributed by atoms with E-state index in [1.807, 2.05) is 97.6 Å². The van der Waals surface area contributed by atoms with Gasteiger partial charge in [0.2, 0.25) is 0 Å². The van der Waals surface area contributed by atoms with Gasteiger partial charge in [-0.25, -0.2) is 0 Å². The van der Waals surface area contributed by atoms with Crippen molar-refractivity contribution in [2.75, 3.05) is 14.1 Å². The molecule has 6 N–H and O–H groups in total. The monoisotopic (exact) mass is 880 g/mol. The molecule has 25 heteroatoms. The molecule has 4 heterocycles. The Morgan fingerprint density at radius 1 is 0.392 bits per heavy atom. The molecule has 298 valence electrons. The zero-order valence-electron chi connectivity index (χ0n) is 26.4. The Morgan fingerprint density at radius 3 is 0.667 bits per heavy atom. The van der Waals surface area contributed by atoms with Gasteiger partial charge in [-0.3, -0.25) is 29.7 Å². The second-order valence-corrected chi connectivity index (χ2v) is 13.4. The quantitative estimate of drug-likeness (QED) is 0.0984. The van der Waals surface area contributed by atoms with Gasteiger partial charge in [0.1, 0.15) is 0 Å². The van der Waals surface area contributed by atoms with Gasteiger partial charge in [0, 0.05) is 85.1 Å². The van der Waals surface area contributed by atoms with E-state index < -0.39 is 15.6 Å². The number of halogens is 12. The van der Waals surface area contributed by atoms with Gasteiger partial charge in [0.25, 0.3) is 0 Å². The topological polar surface area (TPSA) is 153 Å². The molecular weight excluding hydrogens is 844 g/mol. The van der Waals surface area contributed by atoms with Crippen LogP contribution in [0.2, 0.25) is 0 Å². The van der Waals surface area contributed by atoms with Crippen LogP contribution in [0.1, 0.15) is 22.8 Å². The molecule has 4 aromatic rings. The summed E-state index contributed by atoms with van der Waals surface area (Å²) in [5, 5.41) is 0. The van der Waals surface area contributed by atoms with Crippen molar-refractivity contribution in [2.45, 2.75) is 26.2 Å². The Bertz CT molecular complexity index is 1240. The van der Waals surface area contributed by atoms with Crippen molar-refractivity contribution < 1.29 is 101 Å². The molecule has 0 aliphatic rings. The van der Waals surface area contributed by atoms with Gasteiger partial charge in [-0.05, 0) is 62.6 Å². The number of pyridine rings is 4. The summed E-state index contributed by atoms with van der Waals surface area (Å²) in [4.78, 5) is 21.6. The van der Waals surface area contributed by atoms with E-state index in [9.17, 15) is 50.4 Å². The average Bonchev–Trinajstić information content (AvgIpc) is 2.88. The van der Waals surface area contributed by atoms with Gasteiger partial charge in [-0.2, -0.15) is 0 Å². The fraction of sp³-hybridized carbons (Fsp3) is 0.231. The van der Waals surface area contributed by atoms with Gasteiger partial charge in [0.05, 0.1) is 22.8 Å². The Morgan fingerprint density at radius 2 is 0.549 bits per heavy atom. The van der Waals surface area contributed by atoms with Crippen molar-refractivity contribution >= 4 is 15.6 Å². The third-order valence-corrected chi connectivity index (χ3v) is 4.63. The molecule has 4 rings (SSSR count). The van der Waals surface area contributed by atoms with Crippen molar-refractivity contribution in [3.05, 3.63) is 120 Å². The molecule has 9 nitrogen and oxygen atoms in total. The van der Waals surface area contributed by atoms with Crippen LogP contribution in [0.25, 0.3) is 0 Å². The molecule has 0 atom stereocenters. The molecule has 0 bridgehead atoms. The number of aromatic nitrogens is 4. The molecule has 0 aromatic carbocycles. The van der Waals surface area contributed by atoms with Crippen LogP contribution in [0.5, 0.6) is 0 Å². The predicted octanol–water partition coefficient (Wildman–Crippen LogP) is 8.50. The second kappa shape index (κ2) is 21.2. The minimum absolute atomic E-state index is 0. The predicted molar refractivity (Wildman–Crippen MR) is 165 cm³/mol. The Hall–Kier alpha value is -2.54. The SMILES string of the molecule is CN(Cc1ccccn1)Cc1ccccn1.CN(Cc1ccccn1)Cc1ccccn1.F[P-](F)(F)(F)(F)F.F[P-](F)(F)(F)(F)F.O.O.O.[Mn].[Mn]. The maximum absolute atomic E-state index is 10.7. The normalized spacial score (nSPS) is 13.0. The van der Waals surface area contributed by atoms with E-state index in [-0.39, 0.29) is 50.6 Å². The summed E-state index contributed by atoms with van der Waals surface area (Å²) in [7, 11) is -17.2. The third-order valence-electron chi connectivity index (χ3n) is 4.63. The number of nitrogens with zero attached hydrogens (tertiary/aromatic N) is 6. The fourth-order valence-electron chi connectivity index (χ4n) is 3.18. The minimum atomic E-state index is -10.7. The van der Waals surface area contributed by atoms with Crippen LogP contribution in [0.4, 0.5) is 50.4 Å². The van der Waals surface area contributed by atoms with E-state index in [1.165, 1.54) is 0 Å². The zero-order valence-corrected chi connectivity index (χ0v) is 30.6. The summed E-state index contributed by atoms with van der Waals surface area (Å²) < 4.78 is 118. The molecule has 51 heavy (non-hydrogen) atoms. The zero-order chi connectivity index (χ0) is 35.3. The van der Waals surface area contributed by atoms with Gasteiger partial charge >= 0.3 is 66.0 Å². The van der Waals surface area contributed by atoms with E-state index in [0.717, 1.165) is 49.0 Å². The first kappa shape index (κ1) is 57.8. The first-order valence-electron chi connectivity index (χ1n) is 12.7. The number of hydrogen-bond donors (Lipinski definition) is 0. The van der Waals surface area contributed by atoms with Crippen molar-refractivity contribution in [1.29, 1.82) is 0 Å². The van der Waals surface area contributed by atoms with Gasteiger partial charge in [-0.1, -0.05) is 24.3 Å². The Kier molecular flexibility index (Phi) is 24.1. The molecule has 2 radical (unpaired) electrons. The summed E-state index contributed by atoms with van der Waals surface area (Å²) in [5.41, 5.74) is 4.34. The van der Waals surface area contributed by atoms with Crippen molar-refractivity contribution in [3.63, 3.8) is 0 Å². The van der Waals surface area contributed by atoms with Crippen LogP contribution >= 0.6 is 15.6 Å². The Balaban J connectivity index is -0.000000191. The van der Waals surface area contributed by atoms with Crippen molar-refractivity contribution in [2.24, 2.45) is 0 Å². The van der Waals surface area contributed by atoms with Gasteiger partial charge in [-0.15, -0.1) is 0 Å². The molecule has 0 saturated carbocycles. The maximum atomic E-state index is 9.87. The van der Waals surface area contributed by atoms with Crippen LogP contribution < -0.4 is 0 Å². The third kappa shape index (κ3) is 47.5. The van der Waals surface area contributed by atoms with Gasteiger partial charge < -0.3 is 16.4 Å². The molecular formula is C26H36F12Mn2N6O3P2-2. The molecule has 4 aromatic heterocycles. The van der Waals surface area contributed by atoms with Crippen LogP contribution in [-0.4, -0.2) is 60.3 Å². The smallest absolute Gasteiger partial charge is 0 e. The molecule has 0 fully saturated rings.